The quantitative estimate of drug-likeness (QED) is 0.904. The molecule has 18 heavy (non-hydrogen) atoms. The Labute approximate surface area is 116 Å². The molecule has 0 aliphatic heterocycles. The van der Waals surface area contributed by atoms with Crippen molar-refractivity contribution in [2.75, 3.05) is 0 Å². The highest BCUT2D eigenvalue weighted by Gasteiger charge is 2.15. The van der Waals surface area contributed by atoms with E-state index in [0.29, 0.717) is 5.92 Å². The third kappa shape index (κ3) is 2.73. The number of aliphatic hydroxyl groups is 1. The molecule has 1 N–H and O–H groups in total. The smallest absolute Gasteiger partial charge is 0.0813 e. The van der Waals surface area contributed by atoms with E-state index in [0.717, 1.165) is 33.8 Å². The molecule has 3 heteroatoms. The van der Waals surface area contributed by atoms with Crippen molar-refractivity contribution in [2.24, 2.45) is 5.92 Å². The van der Waals surface area contributed by atoms with Crippen LogP contribution in [0.4, 0.5) is 0 Å². The van der Waals surface area contributed by atoms with Crippen LogP contribution in [0.15, 0.2) is 34.9 Å². The van der Waals surface area contributed by atoms with Gasteiger partial charge in [-0.05, 0) is 24.5 Å². The number of halogens is 1. The van der Waals surface area contributed by atoms with Gasteiger partial charge in [-0.1, -0.05) is 48.3 Å². The molecule has 0 spiro atoms. The minimum Gasteiger partial charge on any atom is -0.388 e. The number of hydrogen-bond donors (Lipinski definition) is 1. The molecule has 2 rings (SSSR count). The Balaban J connectivity index is 2.42. The van der Waals surface area contributed by atoms with E-state index in [9.17, 15) is 5.11 Å². The van der Waals surface area contributed by atoms with Crippen LogP contribution in [0.5, 0.6) is 0 Å². The second-order valence-electron chi connectivity index (χ2n) is 4.80. The van der Waals surface area contributed by atoms with Gasteiger partial charge in [0.15, 0.2) is 0 Å². The van der Waals surface area contributed by atoms with Crippen LogP contribution in [-0.2, 0) is 0 Å². The van der Waals surface area contributed by atoms with Crippen molar-refractivity contribution < 1.29 is 5.11 Å². The second-order valence-corrected chi connectivity index (χ2v) is 5.66. The largest absolute Gasteiger partial charge is 0.388 e. The molecule has 0 fully saturated rings. The fourth-order valence-electron chi connectivity index (χ4n) is 2.10. The van der Waals surface area contributed by atoms with E-state index in [1.54, 1.807) is 6.20 Å². The average Bonchev–Trinajstić information content (AvgIpc) is 2.39. The van der Waals surface area contributed by atoms with Crippen LogP contribution in [0.25, 0.3) is 10.9 Å². The first-order chi connectivity index (χ1) is 8.63. The summed E-state index contributed by atoms with van der Waals surface area (Å²) in [6.45, 7) is 4.31. The van der Waals surface area contributed by atoms with Gasteiger partial charge in [0.1, 0.15) is 0 Å². The normalized spacial score (nSPS) is 14.7. The molecule has 2 aromatic rings. The minimum absolute atomic E-state index is 0.439. The molecule has 1 aromatic heterocycles. The van der Waals surface area contributed by atoms with Gasteiger partial charge in [0.05, 0.1) is 11.6 Å². The van der Waals surface area contributed by atoms with Gasteiger partial charge in [0.2, 0.25) is 0 Å². The third-order valence-electron chi connectivity index (χ3n) is 3.43. The highest BCUT2D eigenvalue weighted by atomic mass is 79.9. The van der Waals surface area contributed by atoms with Gasteiger partial charge in [-0.3, -0.25) is 4.98 Å². The molecule has 0 aliphatic rings. The molecule has 0 saturated carbocycles. The van der Waals surface area contributed by atoms with Gasteiger partial charge in [-0.15, -0.1) is 0 Å². The summed E-state index contributed by atoms with van der Waals surface area (Å²) < 4.78 is 1.02. The van der Waals surface area contributed by atoms with Crippen molar-refractivity contribution in [2.45, 2.75) is 32.8 Å². The zero-order valence-corrected chi connectivity index (χ0v) is 12.3. The van der Waals surface area contributed by atoms with Gasteiger partial charge >= 0.3 is 0 Å². The predicted molar refractivity (Wildman–Crippen MR) is 78.5 cm³/mol. The molecule has 0 saturated heterocycles. The summed E-state index contributed by atoms with van der Waals surface area (Å²) in [5.74, 6) is 0.516. The molecule has 2 nitrogen and oxygen atoms in total. The number of aliphatic hydroxyl groups excluding tert-OH is 1. The lowest BCUT2D eigenvalue weighted by molar-refractivity contribution is 0.147. The van der Waals surface area contributed by atoms with E-state index < -0.39 is 6.10 Å². The summed E-state index contributed by atoms with van der Waals surface area (Å²) in [7, 11) is 0. The molecule has 96 valence electrons. The molecule has 0 amide bonds. The Kier molecular flexibility index (Phi) is 4.36. The maximum absolute atomic E-state index is 10.4. The Morgan fingerprint density at radius 2 is 2.11 bits per heavy atom. The molecular formula is C15H18BrNO. The molecule has 0 bridgehead atoms. The molecule has 2 atom stereocenters. The van der Waals surface area contributed by atoms with Gasteiger partial charge < -0.3 is 5.11 Å². The lowest BCUT2D eigenvalue weighted by atomic mass is 9.95. The Morgan fingerprint density at radius 1 is 1.33 bits per heavy atom. The number of hydrogen-bond acceptors (Lipinski definition) is 2. The lowest BCUT2D eigenvalue weighted by Gasteiger charge is -2.17. The average molecular weight is 308 g/mol. The van der Waals surface area contributed by atoms with E-state index in [2.05, 4.69) is 34.8 Å². The van der Waals surface area contributed by atoms with Crippen LogP contribution in [0, 0.1) is 5.92 Å². The molecule has 2 unspecified atom stereocenters. The van der Waals surface area contributed by atoms with Crippen molar-refractivity contribution in [3.63, 3.8) is 0 Å². The van der Waals surface area contributed by atoms with Crippen LogP contribution >= 0.6 is 15.9 Å². The topological polar surface area (TPSA) is 33.1 Å². The third-order valence-corrected chi connectivity index (χ3v) is 4.12. The first kappa shape index (κ1) is 13.5. The van der Waals surface area contributed by atoms with Crippen molar-refractivity contribution in [1.82, 2.24) is 4.98 Å². The Morgan fingerprint density at radius 3 is 2.83 bits per heavy atom. The van der Waals surface area contributed by atoms with Crippen molar-refractivity contribution in [1.29, 1.82) is 0 Å². The molecule has 0 radical (unpaired) electrons. The van der Waals surface area contributed by atoms with Crippen LogP contribution < -0.4 is 0 Å². The predicted octanol–water partition coefficient (Wildman–Crippen LogP) is 4.47. The lowest BCUT2D eigenvalue weighted by Crippen LogP contribution is -2.05. The SMILES string of the molecule is CCC(C)CC(O)c1ccc(Br)c2cccnc12. The molecule has 1 heterocycles. The van der Waals surface area contributed by atoms with Crippen molar-refractivity contribution in [3.05, 3.63) is 40.5 Å². The van der Waals surface area contributed by atoms with Crippen LogP contribution in [0.3, 0.4) is 0 Å². The van der Waals surface area contributed by atoms with Gasteiger partial charge in [0.25, 0.3) is 0 Å². The summed E-state index contributed by atoms with van der Waals surface area (Å²) in [6.07, 6.45) is 3.20. The molecule has 1 aromatic carbocycles. The number of rotatable bonds is 4. The maximum Gasteiger partial charge on any atom is 0.0813 e. The standard InChI is InChI=1S/C15H18BrNO/c1-3-10(2)9-14(18)12-6-7-13(16)11-5-4-8-17-15(11)12/h4-8,10,14,18H,3,9H2,1-2H3. The number of aromatic nitrogens is 1. The first-order valence-electron chi connectivity index (χ1n) is 6.34. The minimum atomic E-state index is -0.439. The van der Waals surface area contributed by atoms with Crippen LogP contribution in [0.1, 0.15) is 38.4 Å². The summed E-state index contributed by atoms with van der Waals surface area (Å²) in [4.78, 5) is 4.41. The van der Waals surface area contributed by atoms with Crippen LogP contribution in [-0.4, -0.2) is 10.1 Å². The summed E-state index contributed by atoms with van der Waals surface area (Å²) in [5, 5.41) is 11.4. The summed E-state index contributed by atoms with van der Waals surface area (Å²) in [5.41, 5.74) is 1.82. The van der Waals surface area contributed by atoms with Gasteiger partial charge in [-0.2, -0.15) is 0 Å². The number of benzene rings is 1. The van der Waals surface area contributed by atoms with E-state index in [4.69, 9.17) is 0 Å². The van der Waals surface area contributed by atoms with Crippen molar-refractivity contribution in [3.8, 4) is 0 Å². The number of pyridine rings is 1. The van der Waals surface area contributed by atoms with Gasteiger partial charge in [0, 0.05) is 21.6 Å². The zero-order valence-electron chi connectivity index (χ0n) is 10.7. The van der Waals surface area contributed by atoms with Gasteiger partial charge in [-0.25, -0.2) is 0 Å². The summed E-state index contributed by atoms with van der Waals surface area (Å²) in [6, 6.07) is 7.88. The number of fused-ring (bicyclic) bond motifs is 1. The zero-order chi connectivity index (χ0) is 13.1. The highest BCUT2D eigenvalue weighted by molar-refractivity contribution is 9.10. The van der Waals surface area contributed by atoms with Crippen molar-refractivity contribution >= 4 is 26.8 Å². The number of nitrogens with zero attached hydrogens (tertiary/aromatic N) is 1. The fourth-order valence-corrected chi connectivity index (χ4v) is 2.56. The fraction of sp³-hybridized carbons (Fsp3) is 0.400. The Hall–Kier alpha value is -0.930. The molecule has 0 aliphatic carbocycles. The second kappa shape index (κ2) is 5.81. The molecular weight excluding hydrogens is 290 g/mol. The maximum atomic E-state index is 10.4. The monoisotopic (exact) mass is 307 g/mol. The Bertz CT molecular complexity index is 541. The van der Waals surface area contributed by atoms with E-state index >= 15 is 0 Å². The summed E-state index contributed by atoms with van der Waals surface area (Å²) >= 11 is 3.52. The van der Waals surface area contributed by atoms with E-state index in [1.165, 1.54) is 0 Å². The first-order valence-corrected chi connectivity index (χ1v) is 7.14. The van der Waals surface area contributed by atoms with E-state index in [-0.39, 0.29) is 0 Å². The highest BCUT2D eigenvalue weighted by Crippen LogP contribution is 2.31. The van der Waals surface area contributed by atoms with E-state index in [1.807, 2.05) is 24.3 Å². The van der Waals surface area contributed by atoms with Crippen LogP contribution in [0.2, 0.25) is 0 Å².